The molecule has 0 fully saturated rings. The summed E-state index contributed by atoms with van der Waals surface area (Å²) in [4.78, 5) is 32.8. The molecular formula is C11H11FN2O5. The van der Waals surface area contributed by atoms with E-state index in [1.807, 2.05) is 0 Å². The van der Waals surface area contributed by atoms with Crippen LogP contribution in [0, 0.1) is 5.82 Å². The Morgan fingerprint density at radius 2 is 1.95 bits per heavy atom. The van der Waals surface area contributed by atoms with Crippen LogP contribution in [0.2, 0.25) is 0 Å². The molecule has 1 amide bonds. The van der Waals surface area contributed by atoms with Crippen LogP contribution in [0.4, 0.5) is 10.1 Å². The summed E-state index contributed by atoms with van der Waals surface area (Å²) in [5.41, 5.74) is 4.69. The van der Waals surface area contributed by atoms with Crippen LogP contribution in [0.1, 0.15) is 16.8 Å². The maximum absolute atomic E-state index is 13.0. The number of carboxylic acids is 2. The second-order valence-corrected chi connectivity index (χ2v) is 3.69. The van der Waals surface area contributed by atoms with Crippen LogP contribution in [0.25, 0.3) is 0 Å². The quantitative estimate of drug-likeness (QED) is 0.607. The van der Waals surface area contributed by atoms with Crippen LogP contribution >= 0.6 is 0 Å². The van der Waals surface area contributed by atoms with Gasteiger partial charge in [0.2, 0.25) is 5.91 Å². The number of halogens is 1. The smallest absolute Gasteiger partial charge is 0.337 e. The fourth-order valence-corrected chi connectivity index (χ4v) is 1.31. The van der Waals surface area contributed by atoms with Crippen molar-refractivity contribution in [2.45, 2.75) is 12.5 Å². The second-order valence-electron chi connectivity index (χ2n) is 3.69. The molecule has 1 aromatic rings. The first-order valence-electron chi connectivity index (χ1n) is 5.12. The van der Waals surface area contributed by atoms with E-state index in [0.29, 0.717) is 0 Å². The van der Waals surface area contributed by atoms with E-state index in [0.717, 1.165) is 18.2 Å². The van der Waals surface area contributed by atoms with Gasteiger partial charge in [0.25, 0.3) is 0 Å². The lowest BCUT2D eigenvalue weighted by Crippen LogP contribution is -2.37. The zero-order valence-corrected chi connectivity index (χ0v) is 9.59. The predicted molar refractivity (Wildman–Crippen MR) is 62.2 cm³/mol. The number of hydrogen-bond acceptors (Lipinski definition) is 4. The second kappa shape index (κ2) is 5.91. The summed E-state index contributed by atoms with van der Waals surface area (Å²) < 4.78 is 13.0. The summed E-state index contributed by atoms with van der Waals surface area (Å²) >= 11 is 0. The van der Waals surface area contributed by atoms with Crippen LogP contribution in [-0.2, 0) is 9.59 Å². The van der Waals surface area contributed by atoms with Crippen LogP contribution < -0.4 is 11.1 Å². The maximum Gasteiger partial charge on any atom is 0.337 e. The van der Waals surface area contributed by atoms with Gasteiger partial charge in [0.05, 0.1) is 23.7 Å². The number of carbonyl (C=O) groups excluding carboxylic acids is 1. The van der Waals surface area contributed by atoms with Crippen molar-refractivity contribution < 1.29 is 29.0 Å². The monoisotopic (exact) mass is 270 g/mol. The molecule has 0 aliphatic carbocycles. The highest BCUT2D eigenvalue weighted by molar-refractivity contribution is 6.02. The van der Waals surface area contributed by atoms with E-state index >= 15 is 0 Å². The van der Waals surface area contributed by atoms with Crippen LogP contribution in [0.3, 0.4) is 0 Å². The minimum Gasteiger partial charge on any atom is -0.481 e. The van der Waals surface area contributed by atoms with E-state index in [2.05, 4.69) is 5.32 Å². The highest BCUT2D eigenvalue weighted by atomic mass is 19.1. The summed E-state index contributed by atoms with van der Waals surface area (Å²) in [5.74, 6) is -4.29. The number of nitrogens with one attached hydrogen (secondary N) is 1. The highest BCUT2D eigenvalue weighted by Gasteiger charge is 2.20. The molecule has 0 aliphatic rings. The van der Waals surface area contributed by atoms with E-state index < -0.39 is 36.1 Å². The zero-order chi connectivity index (χ0) is 14.6. The molecule has 0 aromatic heterocycles. The number of aromatic carboxylic acids is 1. The van der Waals surface area contributed by atoms with Crippen LogP contribution in [0.5, 0.6) is 0 Å². The lowest BCUT2D eigenvalue weighted by atomic mass is 10.1. The summed E-state index contributed by atoms with van der Waals surface area (Å²) in [7, 11) is 0. The number of anilines is 1. The van der Waals surface area contributed by atoms with E-state index in [1.54, 1.807) is 0 Å². The third-order valence-electron chi connectivity index (χ3n) is 2.20. The molecule has 7 nitrogen and oxygen atoms in total. The number of benzene rings is 1. The van der Waals surface area contributed by atoms with Crippen molar-refractivity contribution in [3.63, 3.8) is 0 Å². The van der Waals surface area contributed by atoms with E-state index in [4.69, 9.17) is 15.9 Å². The van der Waals surface area contributed by atoms with Gasteiger partial charge in [-0.15, -0.1) is 0 Å². The van der Waals surface area contributed by atoms with E-state index in [9.17, 15) is 18.8 Å². The summed E-state index contributed by atoms with van der Waals surface area (Å²) in [6, 6.07) is 1.36. The van der Waals surface area contributed by atoms with Crippen LogP contribution in [0.15, 0.2) is 18.2 Å². The highest BCUT2D eigenvalue weighted by Crippen LogP contribution is 2.17. The normalized spacial score (nSPS) is 11.7. The number of carboxylic acid groups (broad SMARTS) is 2. The Labute approximate surface area is 106 Å². The SMILES string of the molecule is NC(CC(=O)O)C(=O)Nc1cc(F)ccc1C(=O)O. The number of aliphatic carboxylic acids is 1. The first kappa shape index (κ1) is 14.6. The molecule has 102 valence electrons. The maximum atomic E-state index is 13.0. The van der Waals surface area contributed by atoms with Gasteiger partial charge in [-0.2, -0.15) is 0 Å². The van der Waals surface area contributed by atoms with Gasteiger partial charge >= 0.3 is 11.9 Å². The van der Waals surface area contributed by atoms with Gasteiger partial charge in [0.15, 0.2) is 0 Å². The topological polar surface area (TPSA) is 130 Å². The van der Waals surface area contributed by atoms with Crippen LogP contribution in [-0.4, -0.2) is 34.1 Å². The van der Waals surface area contributed by atoms with Gasteiger partial charge in [-0.25, -0.2) is 9.18 Å². The largest absolute Gasteiger partial charge is 0.481 e. The lowest BCUT2D eigenvalue weighted by molar-refractivity contribution is -0.138. The molecule has 1 unspecified atom stereocenters. The summed E-state index contributed by atoms with van der Waals surface area (Å²) in [6.45, 7) is 0. The van der Waals surface area contributed by atoms with Crippen molar-refractivity contribution in [1.29, 1.82) is 0 Å². The standard InChI is InChI=1S/C11H11FN2O5/c12-5-1-2-6(11(18)19)8(3-5)14-10(17)7(13)4-9(15)16/h1-3,7H,4,13H2,(H,14,17)(H,15,16)(H,18,19). The van der Waals surface area contributed by atoms with Crippen molar-refractivity contribution in [3.05, 3.63) is 29.6 Å². The fraction of sp³-hybridized carbons (Fsp3) is 0.182. The molecule has 1 rings (SSSR count). The van der Waals surface area contributed by atoms with Crippen molar-refractivity contribution in [2.75, 3.05) is 5.32 Å². The molecule has 0 aliphatic heterocycles. The minimum absolute atomic E-state index is 0.279. The van der Waals surface area contributed by atoms with Crippen molar-refractivity contribution in [2.24, 2.45) is 5.73 Å². The first-order valence-corrected chi connectivity index (χ1v) is 5.12. The van der Waals surface area contributed by atoms with Gasteiger partial charge in [-0.3, -0.25) is 9.59 Å². The zero-order valence-electron chi connectivity index (χ0n) is 9.59. The molecule has 0 saturated carbocycles. The van der Waals surface area contributed by atoms with Crippen molar-refractivity contribution >= 4 is 23.5 Å². The first-order chi connectivity index (χ1) is 8.81. The minimum atomic E-state index is -1.36. The van der Waals surface area contributed by atoms with Gasteiger partial charge in [0, 0.05) is 0 Å². The molecular weight excluding hydrogens is 259 g/mol. The molecule has 0 saturated heterocycles. The Balaban J connectivity index is 2.92. The molecule has 5 N–H and O–H groups in total. The molecule has 0 radical (unpaired) electrons. The predicted octanol–water partition coefficient (Wildman–Crippen LogP) is 0.264. The molecule has 19 heavy (non-hydrogen) atoms. The van der Waals surface area contributed by atoms with Crippen molar-refractivity contribution in [1.82, 2.24) is 0 Å². The summed E-state index contributed by atoms with van der Waals surface area (Å²) in [6.07, 6.45) is -0.621. The Hall–Kier alpha value is -2.48. The van der Waals surface area contributed by atoms with Gasteiger partial charge < -0.3 is 21.3 Å². The van der Waals surface area contributed by atoms with Crippen molar-refractivity contribution in [3.8, 4) is 0 Å². The van der Waals surface area contributed by atoms with E-state index in [1.165, 1.54) is 0 Å². The average molecular weight is 270 g/mol. The number of carbonyl (C=O) groups is 3. The number of rotatable bonds is 5. The molecule has 0 spiro atoms. The average Bonchev–Trinajstić information content (AvgIpc) is 2.27. The summed E-state index contributed by atoms with van der Waals surface area (Å²) in [5, 5.41) is 19.4. The molecule has 0 heterocycles. The van der Waals surface area contributed by atoms with Gasteiger partial charge in [0.1, 0.15) is 5.82 Å². The Kier molecular flexibility index (Phi) is 4.54. The van der Waals surface area contributed by atoms with Gasteiger partial charge in [-0.1, -0.05) is 0 Å². The molecule has 1 aromatic carbocycles. The third-order valence-corrected chi connectivity index (χ3v) is 2.20. The molecule has 0 bridgehead atoms. The molecule has 1 atom stereocenters. The van der Waals surface area contributed by atoms with Gasteiger partial charge in [-0.05, 0) is 18.2 Å². The third kappa shape index (κ3) is 4.03. The Morgan fingerprint density at radius 1 is 1.32 bits per heavy atom. The Morgan fingerprint density at radius 3 is 2.47 bits per heavy atom. The Bertz CT molecular complexity index is 532. The van der Waals surface area contributed by atoms with E-state index in [-0.39, 0.29) is 11.3 Å². The number of nitrogens with two attached hydrogens (primary N) is 1. The fourth-order valence-electron chi connectivity index (χ4n) is 1.31. The molecule has 8 heteroatoms. The lowest BCUT2D eigenvalue weighted by Gasteiger charge is -2.12. The number of amides is 1. The number of hydrogen-bond donors (Lipinski definition) is 4.